The first-order valence-electron chi connectivity index (χ1n) is 7.14. The summed E-state index contributed by atoms with van der Waals surface area (Å²) in [6.45, 7) is 3.73. The molecule has 8 heteroatoms. The van der Waals surface area contributed by atoms with Gasteiger partial charge in [0.05, 0.1) is 18.1 Å². The van der Waals surface area contributed by atoms with E-state index in [2.05, 4.69) is 15.3 Å². The lowest BCUT2D eigenvalue weighted by atomic mass is 9.78. The third kappa shape index (κ3) is 1.98. The minimum Gasteiger partial charge on any atom is -0.477 e. The van der Waals surface area contributed by atoms with E-state index in [4.69, 9.17) is 0 Å². The van der Waals surface area contributed by atoms with E-state index in [-0.39, 0.29) is 30.1 Å². The lowest BCUT2D eigenvalue weighted by Crippen LogP contribution is -2.63. The van der Waals surface area contributed by atoms with Crippen LogP contribution >= 0.6 is 0 Å². The number of aliphatic hydroxyl groups excluding tert-OH is 1. The molecule has 1 aromatic heterocycles. The first-order valence-corrected chi connectivity index (χ1v) is 7.14. The molecular weight excluding hydrogens is 288 g/mol. The van der Waals surface area contributed by atoms with Crippen molar-refractivity contribution in [2.75, 3.05) is 11.9 Å². The van der Waals surface area contributed by atoms with Crippen molar-refractivity contribution in [3.63, 3.8) is 0 Å². The number of amides is 1. The predicted molar refractivity (Wildman–Crippen MR) is 76.7 cm³/mol. The van der Waals surface area contributed by atoms with Gasteiger partial charge in [0.2, 0.25) is 5.91 Å². The van der Waals surface area contributed by atoms with Crippen molar-refractivity contribution in [3.05, 3.63) is 23.7 Å². The summed E-state index contributed by atoms with van der Waals surface area (Å²) in [4.78, 5) is 31.9. The third-order valence-corrected chi connectivity index (χ3v) is 4.46. The van der Waals surface area contributed by atoms with Gasteiger partial charge in [-0.15, -0.1) is 0 Å². The Balaban J connectivity index is 1.87. The van der Waals surface area contributed by atoms with Gasteiger partial charge in [-0.05, 0) is 12.5 Å². The molecular formula is C14H18N4O4. The number of nitrogens with zero attached hydrogens (tertiary/aromatic N) is 2. The Bertz CT molecular complexity index is 637. The van der Waals surface area contributed by atoms with E-state index in [1.54, 1.807) is 19.3 Å². The van der Waals surface area contributed by atoms with Crippen molar-refractivity contribution < 1.29 is 19.8 Å². The summed E-state index contributed by atoms with van der Waals surface area (Å²) >= 11 is 0. The monoisotopic (exact) mass is 306 g/mol. The lowest BCUT2D eigenvalue weighted by molar-refractivity contribution is -0.163. The number of carboxylic acids is 1. The van der Waals surface area contributed by atoms with Crippen LogP contribution in [0.25, 0.3) is 0 Å². The fourth-order valence-electron chi connectivity index (χ4n) is 3.42. The molecule has 2 aliphatic heterocycles. The SMILES string of the molecule is C[C@@H](O)[C@H]1C(=O)N2C(C(=O)O)=C(CNc3ncc[nH]3)[C@H](C)[C@H]12. The number of rotatable bonds is 5. The Kier molecular flexibility index (Phi) is 3.40. The minimum atomic E-state index is -1.12. The van der Waals surface area contributed by atoms with E-state index >= 15 is 0 Å². The van der Waals surface area contributed by atoms with Gasteiger partial charge in [0, 0.05) is 24.9 Å². The molecule has 0 unspecified atom stereocenters. The van der Waals surface area contributed by atoms with Gasteiger partial charge in [-0.2, -0.15) is 0 Å². The van der Waals surface area contributed by atoms with Crippen molar-refractivity contribution in [2.24, 2.45) is 11.8 Å². The minimum absolute atomic E-state index is 0.0263. The predicted octanol–water partition coefficient (Wildman–Crippen LogP) is 0.0178. The first kappa shape index (κ1) is 14.6. The number of carbonyl (C=O) groups excluding carboxylic acids is 1. The smallest absolute Gasteiger partial charge is 0.352 e. The van der Waals surface area contributed by atoms with Crippen LogP contribution in [0.1, 0.15) is 13.8 Å². The standard InChI is InChI=1S/C14H18N4O4/c1-6-8(5-17-14-15-3-4-16-14)11(13(21)22)18-10(6)9(7(2)19)12(18)20/h3-4,6-7,9-10,19H,5H2,1-2H3,(H,21,22)(H2,15,16,17)/t6-,7+,9+,10+/m0/s1. The number of fused-ring (bicyclic) bond motifs is 1. The van der Waals surface area contributed by atoms with Crippen molar-refractivity contribution in [1.82, 2.24) is 14.9 Å². The van der Waals surface area contributed by atoms with E-state index in [0.29, 0.717) is 11.5 Å². The maximum absolute atomic E-state index is 12.2. The molecule has 8 nitrogen and oxygen atoms in total. The molecule has 118 valence electrons. The van der Waals surface area contributed by atoms with Crippen molar-refractivity contribution >= 4 is 17.8 Å². The third-order valence-electron chi connectivity index (χ3n) is 4.46. The Morgan fingerprint density at radius 1 is 1.59 bits per heavy atom. The summed E-state index contributed by atoms with van der Waals surface area (Å²) in [6.07, 6.45) is 2.46. The number of aromatic nitrogens is 2. The molecule has 3 rings (SSSR count). The molecule has 0 aliphatic carbocycles. The second kappa shape index (κ2) is 5.13. The van der Waals surface area contributed by atoms with Crippen LogP contribution in [0.4, 0.5) is 5.95 Å². The molecule has 22 heavy (non-hydrogen) atoms. The van der Waals surface area contributed by atoms with Gasteiger partial charge in [0.25, 0.3) is 0 Å². The number of β-lactam (4-membered cyclic amide) rings is 1. The van der Waals surface area contributed by atoms with Gasteiger partial charge in [-0.3, -0.25) is 4.79 Å². The molecule has 1 aromatic rings. The summed E-state index contributed by atoms with van der Waals surface area (Å²) in [7, 11) is 0. The molecule has 1 saturated heterocycles. The van der Waals surface area contributed by atoms with E-state index in [0.717, 1.165) is 0 Å². The van der Waals surface area contributed by atoms with Crippen LogP contribution in [0, 0.1) is 11.8 Å². The van der Waals surface area contributed by atoms with Gasteiger partial charge < -0.3 is 25.4 Å². The van der Waals surface area contributed by atoms with Gasteiger partial charge in [-0.1, -0.05) is 6.92 Å². The molecule has 0 bridgehead atoms. The van der Waals surface area contributed by atoms with Gasteiger partial charge in [-0.25, -0.2) is 9.78 Å². The maximum atomic E-state index is 12.2. The fourth-order valence-corrected chi connectivity index (χ4v) is 3.42. The Morgan fingerprint density at radius 2 is 2.32 bits per heavy atom. The highest BCUT2D eigenvalue weighted by molar-refractivity contribution is 6.00. The maximum Gasteiger partial charge on any atom is 0.352 e. The number of carbonyl (C=O) groups is 2. The molecule has 3 heterocycles. The number of hydrogen-bond donors (Lipinski definition) is 4. The van der Waals surface area contributed by atoms with Crippen LogP contribution in [-0.4, -0.2) is 55.6 Å². The van der Waals surface area contributed by atoms with Crippen LogP contribution in [0.3, 0.4) is 0 Å². The van der Waals surface area contributed by atoms with Gasteiger partial charge in [0.1, 0.15) is 5.70 Å². The highest BCUT2D eigenvalue weighted by atomic mass is 16.4. The average molecular weight is 306 g/mol. The number of carboxylic acid groups (broad SMARTS) is 1. The molecule has 4 N–H and O–H groups in total. The zero-order valence-corrected chi connectivity index (χ0v) is 12.3. The number of H-pyrrole nitrogens is 1. The normalized spacial score (nSPS) is 28.4. The van der Waals surface area contributed by atoms with E-state index in [1.165, 1.54) is 4.90 Å². The Morgan fingerprint density at radius 3 is 2.86 bits per heavy atom. The average Bonchev–Trinajstić information content (AvgIpc) is 3.02. The number of aliphatic hydroxyl groups is 1. The lowest BCUT2D eigenvalue weighted by Gasteiger charge is -2.46. The van der Waals surface area contributed by atoms with Crippen molar-refractivity contribution in [3.8, 4) is 0 Å². The highest BCUT2D eigenvalue weighted by Gasteiger charge is 2.59. The zero-order chi connectivity index (χ0) is 16.0. The number of aliphatic carboxylic acids is 1. The van der Waals surface area contributed by atoms with Crippen molar-refractivity contribution in [2.45, 2.75) is 26.0 Å². The topological polar surface area (TPSA) is 119 Å². The summed E-state index contributed by atoms with van der Waals surface area (Å²) < 4.78 is 0. The molecule has 0 spiro atoms. The Hall–Kier alpha value is -2.35. The van der Waals surface area contributed by atoms with Crippen LogP contribution in [0.15, 0.2) is 23.7 Å². The number of hydrogen-bond acceptors (Lipinski definition) is 5. The summed E-state index contributed by atoms with van der Waals surface area (Å²) in [5, 5.41) is 22.2. The molecule has 0 aromatic carbocycles. The molecule has 0 saturated carbocycles. The summed E-state index contributed by atoms with van der Waals surface area (Å²) in [5.41, 5.74) is 0.670. The second-order valence-corrected chi connectivity index (χ2v) is 5.72. The van der Waals surface area contributed by atoms with Crippen LogP contribution in [0.2, 0.25) is 0 Å². The quantitative estimate of drug-likeness (QED) is 0.569. The van der Waals surface area contributed by atoms with E-state index in [9.17, 15) is 19.8 Å². The summed E-state index contributed by atoms with van der Waals surface area (Å²) in [6, 6.07) is -0.285. The summed E-state index contributed by atoms with van der Waals surface area (Å²) in [5.74, 6) is -1.58. The number of imidazole rings is 1. The number of anilines is 1. The second-order valence-electron chi connectivity index (χ2n) is 5.72. The van der Waals surface area contributed by atoms with Crippen LogP contribution in [0.5, 0.6) is 0 Å². The highest BCUT2D eigenvalue weighted by Crippen LogP contribution is 2.46. The largest absolute Gasteiger partial charge is 0.477 e. The van der Waals surface area contributed by atoms with E-state index in [1.807, 2.05) is 6.92 Å². The van der Waals surface area contributed by atoms with E-state index < -0.39 is 18.0 Å². The number of aromatic amines is 1. The van der Waals surface area contributed by atoms with Gasteiger partial charge in [0.15, 0.2) is 5.95 Å². The van der Waals surface area contributed by atoms with Gasteiger partial charge >= 0.3 is 5.97 Å². The number of nitrogens with one attached hydrogen (secondary N) is 2. The molecule has 1 amide bonds. The first-order chi connectivity index (χ1) is 10.4. The molecule has 4 atom stereocenters. The molecule has 1 fully saturated rings. The fraction of sp³-hybridized carbons (Fsp3) is 0.500. The van der Waals surface area contributed by atoms with Crippen molar-refractivity contribution in [1.29, 1.82) is 0 Å². The molecule has 0 radical (unpaired) electrons. The Labute approximate surface area is 126 Å². The van der Waals surface area contributed by atoms with Crippen LogP contribution < -0.4 is 5.32 Å². The molecule has 2 aliphatic rings. The zero-order valence-electron chi connectivity index (χ0n) is 12.3. The van der Waals surface area contributed by atoms with Crippen LogP contribution in [-0.2, 0) is 9.59 Å².